The number of carbonyl (C=O) groups is 2. The fourth-order valence-electron chi connectivity index (χ4n) is 2.91. The summed E-state index contributed by atoms with van der Waals surface area (Å²) in [7, 11) is 5.42. The third-order valence-corrected chi connectivity index (χ3v) is 4.95. The van der Waals surface area contributed by atoms with Gasteiger partial charge in [-0.1, -0.05) is 27.4 Å². The van der Waals surface area contributed by atoms with Crippen LogP contribution in [0.1, 0.15) is 40.5 Å². The van der Waals surface area contributed by atoms with E-state index in [1.165, 1.54) is 12.5 Å². The smallest absolute Gasteiger partial charge is 0.140 e. The molecule has 0 aromatic heterocycles. The Hall–Kier alpha value is -3.56. The van der Waals surface area contributed by atoms with Gasteiger partial charge in [-0.05, 0) is 67.9 Å². The van der Waals surface area contributed by atoms with Gasteiger partial charge in [0.15, 0.2) is 0 Å². The number of carbonyl (C=O) groups excluding carboxylic acids is 2. The zero-order valence-corrected chi connectivity index (χ0v) is 24.4. The largest absolute Gasteiger partial charge is 0.491 e. The Balaban J connectivity index is 0.000000920. The van der Waals surface area contributed by atoms with Gasteiger partial charge >= 0.3 is 0 Å². The molecule has 0 saturated heterocycles. The number of benzene rings is 2. The fourth-order valence-corrected chi connectivity index (χ4v) is 2.91. The lowest BCUT2D eigenvalue weighted by molar-refractivity contribution is -0.114. The first kappa shape index (κ1) is 35.4. The summed E-state index contributed by atoms with van der Waals surface area (Å²) in [6, 6.07) is 10.6. The van der Waals surface area contributed by atoms with Gasteiger partial charge in [0.1, 0.15) is 36.6 Å². The van der Waals surface area contributed by atoms with Crippen LogP contribution in [0.3, 0.4) is 0 Å². The van der Waals surface area contributed by atoms with Crippen molar-refractivity contribution in [3.8, 4) is 5.75 Å². The van der Waals surface area contributed by atoms with Crippen LogP contribution < -0.4 is 31.1 Å². The predicted molar refractivity (Wildman–Crippen MR) is 160 cm³/mol. The van der Waals surface area contributed by atoms with Crippen molar-refractivity contribution >= 4 is 42.6 Å². The molecule has 0 fully saturated rings. The Kier molecular flexibility index (Phi) is 18.5. The molecule has 0 saturated carbocycles. The molecule has 0 unspecified atom stereocenters. The monoisotopic (exact) mass is 544 g/mol. The van der Waals surface area contributed by atoms with Crippen LogP contribution in [0.4, 0.5) is 15.8 Å². The van der Waals surface area contributed by atoms with E-state index in [0.29, 0.717) is 53.2 Å². The summed E-state index contributed by atoms with van der Waals surface area (Å²) in [6.45, 7) is 14.4. The van der Waals surface area contributed by atoms with E-state index in [-0.39, 0.29) is 6.42 Å². The van der Waals surface area contributed by atoms with Gasteiger partial charge in [0, 0.05) is 37.8 Å². The van der Waals surface area contributed by atoms with Gasteiger partial charge in [-0.2, -0.15) is 0 Å². The van der Waals surface area contributed by atoms with E-state index < -0.39 is 5.82 Å². The van der Waals surface area contributed by atoms with Crippen LogP contribution in [-0.4, -0.2) is 59.8 Å². The molecule has 0 aliphatic carbocycles. The van der Waals surface area contributed by atoms with Crippen molar-refractivity contribution in [3.05, 3.63) is 52.7 Å². The molecule has 8 nitrogen and oxygen atoms in total. The van der Waals surface area contributed by atoms with Gasteiger partial charge in [0.25, 0.3) is 0 Å². The van der Waals surface area contributed by atoms with E-state index >= 15 is 0 Å². The molecule has 2 aromatic carbocycles. The maximum absolute atomic E-state index is 14.7. The highest BCUT2D eigenvalue weighted by Crippen LogP contribution is 2.17. The first-order valence-corrected chi connectivity index (χ1v) is 12.8. The molecule has 2 aromatic rings. The number of halogens is 1. The van der Waals surface area contributed by atoms with Gasteiger partial charge in [0.2, 0.25) is 0 Å². The standard InChI is InChI=1S/C20H24FN3O2.C7H17N.C3H4O2/c1-5-23-20(24-16-8-6-15(22-3)7-9-16)19-14(2)12-17(13-18(19)21)26-11-10-25-4;1-7(2,3)5-6-8-4;4-2-1-3-5/h5-9,12-13,22,24H,2,10-11H2,1,3-4H3;8H,5-6H2,1-4H3;2-3H,1H2/b20-19-,23-5-;;. The zero-order valence-electron chi connectivity index (χ0n) is 24.4. The van der Waals surface area contributed by atoms with E-state index in [9.17, 15) is 14.0 Å². The van der Waals surface area contributed by atoms with Crippen LogP contribution in [-0.2, 0) is 14.3 Å². The number of rotatable bonds is 12. The van der Waals surface area contributed by atoms with Gasteiger partial charge in [-0.3, -0.25) is 0 Å². The average Bonchev–Trinajstić information content (AvgIpc) is 2.88. The SMILES string of the molecule is C=c1cc(OCCOC)cc(F)/c1=C(/N=C\C)Nc1ccc(NC)cc1.CNCCC(C)(C)C.O=CCC=O. The number of hydrogen-bond donors (Lipinski definition) is 3. The van der Waals surface area contributed by atoms with Crippen molar-refractivity contribution in [1.82, 2.24) is 5.32 Å². The molecule has 0 aliphatic rings. The van der Waals surface area contributed by atoms with Crippen LogP contribution >= 0.6 is 0 Å². The van der Waals surface area contributed by atoms with Crippen LogP contribution in [0.2, 0.25) is 0 Å². The zero-order chi connectivity index (χ0) is 29.7. The third kappa shape index (κ3) is 16.1. The lowest BCUT2D eigenvalue weighted by Crippen LogP contribution is -2.31. The first-order chi connectivity index (χ1) is 18.6. The minimum atomic E-state index is -0.454. The number of aliphatic imine (C=N–C) groups is 1. The molecule has 216 valence electrons. The van der Waals surface area contributed by atoms with Crippen molar-refractivity contribution < 1.29 is 23.5 Å². The quantitative estimate of drug-likeness (QED) is 0.161. The van der Waals surface area contributed by atoms with Crippen LogP contribution in [0.5, 0.6) is 5.75 Å². The second kappa shape index (κ2) is 20.4. The van der Waals surface area contributed by atoms with Crippen LogP contribution in [0.15, 0.2) is 41.4 Å². The maximum Gasteiger partial charge on any atom is 0.140 e. The molecule has 39 heavy (non-hydrogen) atoms. The Morgan fingerprint density at radius 1 is 1.05 bits per heavy atom. The van der Waals surface area contributed by atoms with Crippen LogP contribution in [0.25, 0.3) is 12.4 Å². The van der Waals surface area contributed by atoms with Gasteiger partial charge in [-0.15, -0.1) is 0 Å². The minimum absolute atomic E-state index is 0.0278. The molecule has 0 atom stereocenters. The molecular weight excluding hydrogens is 499 g/mol. The predicted octanol–water partition coefficient (Wildman–Crippen LogP) is 3.99. The number of nitrogens with one attached hydrogen (secondary N) is 3. The minimum Gasteiger partial charge on any atom is -0.491 e. The highest BCUT2D eigenvalue weighted by molar-refractivity contribution is 5.72. The average molecular weight is 545 g/mol. The Bertz CT molecular complexity index is 1110. The topological polar surface area (TPSA) is 101 Å². The van der Waals surface area contributed by atoms with Crippen molar-refractivity contribution in [2.45, 2.75) is 40.5 Å². The Labute approximate surface area is 232 Å². The molecule has 0 aliphatic heterocycles. The van der Waals surface area contributed by atoms with Gasteiger partial charge < -0.3 is 35.0 Å². The summed E-state index contributed by atoms with van der Waals surface area (Å²) in [5, 5.41) is 10.1. The Morgan fingerprint density at radius 2 is 1.67 bits per heavy atom. The first-order valence-electron chi connectivity index (χ1n) is 12.8. The number of aldehydes is 2. The third-order valence-electron chi connectivity index (χ3n) is 4.95. The highest BCUT2D eigenvalue weighted by Gasteiger charge is 2.08. The van der Waals surface area contributed by atoms with Crippen molar-refractivity contribution in [2.75, 3.05) is 51.6 Å². The highest BCUT2D eigenvalue weighted by atomic mass is 19.1. The molecule has 0 bridgehead atoms. The Morgan fingerprint density at radius 3 is 2.08 bits per heavy atom. The molecule has 0 amide bonds. The van der Waals surface area contributed by atoms with E-state index in [0.717, 1.165) is 17.9 Å². The van der Waals surface area contributed by atoms with Crippen molar-refractivity contribution in [1.29, 1.82) is 0 Å². The van der Waals surface area contributed by atoms with Gasteiger partial charge in [0.05, 0.1) is 18.2 Å². The van der Waals surface area contributed by atoms with E-state index in [1.54, 1.807) is 26.3 Å². The number of anilines is 2. The number of ether oxygens (including phenoxy) is 2. The lowest BCUT2D eigenvalue weighted by Gasteiger charge is -2.16. The van der Waals surface area contributed by atoms with E-state index in [4.69, 9.17) is 9.47 Å². The molecule has 3 N–H and O–H groups in total. The fraction of sp³-hybridized carbons (Fsp3) is 0.433. The molecule has 0 spiro atoms. The van der Waals surface area contributed by atoms with Crippen molar-refractivity contribution in [2.24, 2.45) is 10.4 Å². The van der Waals surface area contributed by atoms with E-state index in [2.05, 4.69) is 48.3 Å². The summed E-state index contributed by atoms with van der Waals surface area (Å²) in [4.78, 5) is 22.6. The second-order valence-corrected chi connectivity index (χ2v) is 9.45. The summed E-state index contributed by atoms with van der Waals surface area (Å²) < 4.78 is 25.1. The lowest BCUT2D eigenvalue weighted by atomic mass is 9.92. The number of hydrogen-bond acceptors (Lipinski definition) is 8. The summed E-state index contributed by atoms with van der Waals surface area (Å²) in [5.74, 6) is 0.340. The summed E-state index contributed by atoms with van der Waals surface area (Å²) in [5.41, 5.74) is 2.27. The maximum atomic E-state index is 14.7. The molecule has 9 heteroatoms. The summed E-state index contributed by atoms with van der Waals surface area (Å²) in [6.07, 6.45) is 4.01. The molecule has 2 rings (SSSR count). The number of methoxy groups -OCH3 is 1. The number of nitrogens with zero attached hydrogens (tertiary/aromatic N) is 1. The molecule has 0 heterocycles. The van der Waals surface area contributed by atoms with Gasteiger partial charge in [-0.25, -0.2) is 9.38 Å². The normalized spacial score (nSPS) is 11.4. The second-order valence-electron chi connectivity index (χ2n) is 9.45. The summed E-state index contributed by atoms with van der Waals surface area (Å²) >= 11 is 0. The van der Waals surface area contributed by atoms with Crippen molar-refractivity contribution in [3.63, 3.8) is 0 Å². The van der Waals surface area contributed by atoms with Crippen LogP contribution in [0, 0.1) is 11.2 Å². The molecular formula is C30H45FN4O4. The van der Waals surface area contributed by atoms with E-state index in [1.807, 2.05) is 38.4 Å². The molecule has 0 radical (unpaired) electrons.